The van der Waals surface area contributed by atoms with Gasteiger partial charge >= 0.3 is 0 Å². The molecule has 1 aromatic carbocycles. The van der Waals surface area contributed by atoms with Crippen LogP contribution in [0.5, 0.6) is 0 Å². The number of nitrogens with zero attached hydrogens (tertiary/aromatic N) is 2. The number of amides is 1. The van der Waals surface area contributed by atoms with E-state index in [0.29, 0.717) is 6.42 Å². The fourth-order valence-corrected chi connectivity index (χ4v) is 4.53. The summed E-state index contributed by atoms with van der Waals surface area (Å²) < 4.78 is 28.7. The van der Waals surface area contributed by atoms with Gasteiger partial charge in [-0.15, -0.1) is 11.3 Å². The fourth-order valence-electron chi connectivity index (χ4n) is 2.57. The Labute approximate surface area is 161 Å². The first-order valence-corrected chi connectivity index (χ1v) is 10.6. The number of carbonyl (C=O) groups excluding carboxylic acids is 1. The third-order valence-corrected chi connectivity index (χ3v) is 6.43. The molecule has 0 saturated carbocycles. The van der Waals surface area contributed by atoms with E-state index in [2.05, 4.69) is 9.71 Å². The molecule has 0 fully saturated rings. The largest absolute Gasteiger partial charge is 0.364 e. The number of hydrogen-bond donors (Lipinski definition) is 2. The minimum Gasteiger partial charge on any atom is -0.364 e. The van der Waals surface area contributed by atoms with Gasteiger partial charge in [-0.25, -0.2) is 18.1 Å². The zero-order valence-electron chi connectivity index (χ0n) is 15.0. The number of aryl methyl sites for hydroxylation is 2. The van der Waals surface area contributed by atoms with Gasteiger partial charge in [0.15, 0.2) is 0 Å². The molecule has 0 aliphatic carbocycles. The summed E-state index contributed by atoms with van der Waals surface area (Å²) in [6.45, 7) is 2.24. The summed E-state index contributed by atoms with van der Waals surface area (Å²) in [6, 6.07) is 9.37. The SMILES string of the molecule is Cc1ccc(-c2nc(CCNS(=O)(=O)c3cc(C(N)=O)n(C)c3)cs2)cc1. The smallest absolute Gasteiger partial charge is 0.265 e. The quantitative estimate of drug-likeness (QED) is 0.628. The van der Waals surface area contributed by atoms with Crippen LogP contribution in [0.1, 0.15) is 21.7 Å². The second kappa shape index (κ2) is 7.63. The lowest BCUT2D eigenvalue weighted by Crippen LogP contribution is -2.25. The van der Waals surface area contributed by atoms with Crippen molar-refractivity contribution < 1.29 is 13.2 Å². The van der Waals surface area contributed by atoms with Crippen molar-refractivity contribution in [2.45, 2.75) is 18.2 Å². The van der Waals surface area contributed by atoms with Crippen LogP contribution in [0, 0.1) is 6.92 Å². The van der Waals surface area contributed by atoms with Gasteiger partial charge in [0.05, 0.1) is 5.69 Å². The van der Waals surface area contributed by atoms with Crippen LogP contribution in [0.4, 0.5) is 0 Å². The van der Waals surface area contributed by atoms with E-state index in [-0.39, 0.29) is 17.1 Å². The minimum absolute atomic E-state index is 0.0115. The Hall–Kier alpha value is -2.49. The van der Waals surface area contributed by atoms with Crippen LogP contribution < -0.4 is 10.5 Å². The van der Waals surface area contributed by atoms with E-state index < -0.39 is 15.9 Å². The van der Waals surface area contributed by atoms with Crippen molar-refractivity contribution in [2.75, 3.05) is 6.54 Å². The number of benzene rings is 1. The average molecular weight is 405 g/mol. The van der Waals surface area contributed by atoms with Crippen molar-refractivity contribution in [1.29, 1.82) is 0 Å². The molecule has 0 aliphatic heterocycles. The van der Waals surface area contributed by atoms with Crippen LogP contribution >= 0.6 is 11.3 Å². The summed E-state index contributed by atoms with van der Waals surface area (Å²) >= 11 is 1.53. The Bertz CT molecular complexity index is 1070. The van der Waals surface area contributed by atoms with Gasteiger partial charge < -0.3 is 10.3 Å². The maximum atomic E-state index is 12.4. The summed E-state index contributed by atoms with van der Waals surface area (Å²) in [7, 11) is -2.15. The summed E-state index contributed by atoms with van der Waals surface area (Å²) in [4.78, 5) is 15.9. The van der Waals surface area contributed by atoms with Crippen molar-refractivity contribution in [2.24, 2.45) is 12.8 Å². The van der Waals surface area contributed by atoms with Crippen molar-refractivity contribution in [3.63, 3.8) is 0 Å². The van der Waals surface area contributed by atoms with E-state index in [9.17, 15) is 13.2 Å². The second-order valence-electron chi connectivity index (χ2n) is 6.19. The predicted octanol–water partition coefficient (Wildman–Crippen LogP) is 2.08. The number of nitrogens with one attached hydrogen (secondary N) is 1. The lowest BCUT2D eigenvalue weighted by Gasteiger charge is -2.03. The van der Waals surface area contributed by atoms with Crippen LogP contribution in [0.15, 0.2) is 46.8 Å². The molecular weight excluding hydrogens is 384 g/mol. The van der Waals surface area contributed by atoms with Gasteiger partial charge in [0.1, 0.15) is 15.6 Å². The number of nitrogens with two attached hydrogens (primary N) is 1. The molecule has 7 nitrogen and oxygen atoms in total. The summed E-state index contributed by atoms with van der Waals surface area (Å²) in [5, 5.41) is 2.83. The number of carbonyl (C=O) groups is 1. The fraction of sp³-hybridized carbons (Fsp3) is 0.222. The topological polar surface area (TPSA) is 107 Å². The molecule has 0 atom stereocenters. The number of rotatable bonds is 7. The molecule has 0 unspecified atom stereocenters. The monoisotopic (exact) mass is 404 g/mol. The van der Waals surface area contributed by atoms with Crippen molar-refractivity contribution in [1.82, 2.24) is 14.3 Å². The maximum absolute atomic E-state index is 12.4. The van der Waals surface area contributed by atoms with Gasteiger partial charge in [-0.3, -0.25) is 4.79 Å². The zero-order chi connectivity index (χ0) is 19.6. The second-order valence-corrected chi connectivity index (χ2v) is 8.82. The molecule has 0 aliphatic rings. The highest BCUT2D eigenvalue weighted by atomic mass is 32.2. The van der Waals surface area contributed by atoms with Gasteiger partial charge in [-0.2, -0.15) is 0 Å². The summed E-state index contributed by atoms with van der Waals surface area (Å²) in [6.07, 6.45) is 1.83. The normalized spacial score (nSPS) is 11.6. The molecule has 3 N–H and O–H groups in total. The molecule has 3 aromatic rings. The molecular formula is C18H20N4O3S2. The summed E-state index contributed by atoms with van der Waals surface area (Å²) in [5.41, 5.74) is 8.41. The molecule has 2 aromatic heterocycles. The average Bonchev–Trinajstić information content (AvgIpc) is 3.22. The molecule has 9 heteroatoms. The molecule has 0 bridgehead atoms. The minimum atomic E-state index is -3.72. The first kappa shape index (κ1) is 19.3. The standard InChI is InChI=1S/C18H20N4O3S2/c1-12-3-5-13(6-4-12)18-21-14(11-26-18)7-8-20-27(24,25)15-9-16(17(19)23)22(2)10-15/h3-6,9-11,20H,7-8H2,1-2H3,(H2,19,23). The Kier molecular flexibility index (Phi) is 5.45. The van der Waals surface area contributed by atoms with Gasteiger partial charge in [-0.1, -0.05) is 29.8 Å². The molecule has 142 valence electrons. The van der Waals surface area contributed by atoms with E-state index >= 15 is 0 Å². The van der Waals surface area contributed by atoms with Crippen LogP contribution in [-0.2, 0) is 23.5 Å². The molecule has 0 spiro atoms. The van der Waals surface area contributed by atoms with E-state index in [0.717, 1.165) is 16.3 Å². The first-order valence-electron chi connectivity index (χ1n) is 8.23. The van der Waals surface area contributed by atoms with Crippen LogP contribution in [0.3, 0.4) is 0 Å². The van der Waals surface area contributed by atoms with Crippen molar-refractivity contribution >= 4 is 27.3 Å². The molecule has 2 heterocycles. The molecule has 0 saturated heterocycles. The third kappa shape index (κ3) is 4.44. The van der Waals surface area contributed by atoms with Gasteiger partial charge in [0, 0.05) is 37.2 Å². The molecule has 27 heavy (non-hydrogen) atoms. The highest BCUT2D eigenvalue weighted by Gasteiger charge is 2.19. The number of aromatic nitrogens is 2. The number of primary amides is 1. The molecule has 3 rings (SSSR count). The Balaban J connectivity index is 1.63. The van der Waals surface area contributed by atoms with E-state index in [1.165, 1.54) is 33.7 Å². The van der Waals surface area contributed by atoms with Gasteiger partial charge in [0.25, 0.3) is 5.91 Å². The van der Waals surface area contributed by atoms with Crippen LogP contribution in [-0.4, -0.2) is 30.4 Å². The first-order chi connectivity index (χ1) is 12.8. The molecule has 0 radical (unpaired) electrons. The van der Waals surface area contributed by atoms with Crippen molar-refractivity contribution in [3.05, 3.63) is 58.9 Å². The third-order valence-electron chi connectivity index (χ3n) is 4.07. The zero-order valence-corrected chi connectivity index (χ0v) is 16.6. The van der Waals surface area contributed by atoms with E-state index in [1.54, 1.807) is 7.05 Å². The number of thiazole rings is 1. The number of sulfonamides is 1. The Morgan fingerprint density at radius 2 is 2.00 bits per heavy atom. The lowest BCUT2D eigenvalue weighted by molar-refractivity contribution is 0.0992. The van der Waals surface area contributed by atoms with E-state index in [4.69, 9.17) is 5.73 Å². The Morgan fingerprint density at radius 1 is 1.30 bits per heavy atom. The predicted molar refractivity (Wildman–Crippen MR) is 105 cm³/mol. The lowest BCUT2D eigenvalue weighted by atomic mass is 10.2. The summed E-state index contributed by atoms with van der Waals surface area (Å²) in [5.74, 6) is -0.676. The highest BCUT2D eigenvalue weighted by Crippen LogP contribution is 2.24. The van der Waals surface area contributed by atoms with Crippen LogP contribution in [0.25, 0.3) is 10.6 Å². The highest BCUT2D eigenvalue weighted by molar-refractivity contribution is 7.89. The van der Waals surface area contributed by atoms with Gasteiger partial charge in [0.2, 0.25) is 10.0 Å². The molecule has 1 amide bonds. The maximum Gasteiger partial charge on any atom is 0.265 e. The van der Waals surface area contributed by atoms with Gasteiger partial charge in [-0.05, 0) is 13.0 Å². The van der Waals surface area contributed by atoms with Crippen LogP contribution in [0.2, 0.25) is 0 Å². The number of hydrogen-bond acceptors (Lipinski definition) is 5. The van der Waals surface area contributed by atoms with Crippen molar-refractivity contribution in [3.8, 4) is 10.6 Å². The van der Waals surface area contributed by atoms with E-state index in [1.807, 2.05) is 36.6 Å². The Morgan fingerprint density at radius 3 is 2.63 bits per heavy atom.